The monoisotopic (exact) mass is 406 g/mol. The average molecular weight is 407 g/mol. The summed E-state index contributed by atoms with van der Waals surface area (Å²) in [5, 5.41) is 13.7. The molecule has 0 atom stereocenters. The Labute approximate surface area is 154 Å². The number of hydrogen-bond donors (Lipinski definition) is 2. The minimum absolute atomic E-state index is 0.00684. The smallest absolute Gasteiger partial charge is 0.271 e. The Hall–Kier alpha value is -2.54. The predicted molar refractivity (Wildman–Crippen MR) is 99.6 cm³/mol. The fourth-order valence-electron chi connectivity index (χ4n) is 2.01. The van der Waals surface area contributed by atoms with Crippen LogP contribution in [0.4, 0.5) is 0 Å². The van der Waals surface area contributed by atoms with Gasteiger partial charge in [-0.2, -0.15) is 5.10 Å². The molecule has 2 N–H and O–H groups in total. The van der Waals surface area contributed by atoms with Gasteiger partial charge in [-0.25, -0.2) is 5.43 Å². The van der Waals surface area contributed by atoms with E-state index in [0.717, 1.165) is 0 Å². The Morgan fingerprint density at radius 3 is 2.56 bits per heavy atom. The summed E-state index contributed by atoms with van der Waals surface area (Å²) in [6.45, 7) is 3.87. The third kappa shape index (κ3) is 5.22. The van der Waals surface area contributed by atoms with Crippen molar-refractivity contribution in [3.8, 4) is 17.2 Å². The zero-order chi connectivity index (χ0) is 18.4. The number of hydrazone groups is 1. The molecule has 0 bridgehead atoms. The van der Waals surface area contributed by atoms with E-state index in [1.807, 2.05) is 13.8 Å². The Bertz CT molecular complexity index is 773. The lowest BCUT2D eigenvalue weighted by molar-refractivity contribution is 0.0955. The summed E-state index contributed by atoms with van der Waals surface area (Å²) < 4.78 is 11.1. The highest BCUT2D eigenvalue weighted by Gasteiger charge is 2.08. The van der Waals surface area contributed by atoms with Crippen LogP contribution in [0.1, 0.15) is 29.8 Å². The zero-order valence-electron chi connectivity index (χ0n) is 14.1. The molecule has 0 unspecified atom stereocenters. The van der Waals surface area contributed by atoms with Gasteiger partial charge in [0.25, 0.3) is 5.91 Å². The SMILES string of the molecule is COc1cc(/C=N/NC(=O)c2ccc(OC(C)C)cc2)cc(Br)c1O. The van der Waals surface area contributed by atoms with Crippen molar-refractivity contribution in [2.24, 2.45) is 5.10 Å². The number of phenols is 1. The minimum atomic E-state index is -0.336. The van der Waals surface area contributed by atoms with Crippen molar-refractivity contribution in [1.82, 2.24) is 5.43 Å². The molecule has 0 aliphatic rings. The van der Waals surface area contributed by atoms with Gasteiger partial charge in [-0.15, -0.1) is 0 Å². The maximum absolute atomic E-state index is 12.1. The van der Waals surface area contributed by atoms with Crippen molar-refractivity contribution < 1.29 is 19.4 Å². The van der Waals surface area contributed by atoms with Crippen LogP contribution in [0.5, 0.6) is 17.2 Å². The summed E-state index contributed by atoms with van der Waals surface area (Å²) in [4.78, 5) is 12.1. The van der Waals surface area contributed by atoms with Gasteiger partial charge < -0.3 is 14.6 Å². The molecule has 132 valence electrons. The number of carbonyl (C=O) groups excluding carboxylic acids is 1. The Morgan fingerprint density at radius 2 is 1.96 bits per heavy atom. The van der Waals surface area contributed by atoms with Crippen LogP contribution in [-0.4, -0.2) is 30.4 Å². The Balaban J connectivity index is 2.02. The van der Waals surface area contributed by atoms with Crippen molar-refractivity contribution in [3.05, 3.63) is 52.0 Å². The van der Waals surface area contributed by atoms with E-state index in [2.05, 4.69) is 26.5 Å². The second-order valence-electron chi connectivity index (χ2n) is 5.44. The number of phenolic OH excluding ortho intramolecular Hbond substituents is 1. The summed E-state index contributed by atoms with van der Waals surface area (Å²) in [6.07, 6.45) is 1.53. The third-order valence-corrected chi connectivity index (χ3v) is 3.74. The van der Waals surface area contributed by atoms with Crippen molar-refractivity contribution in [1.29, 1.82) is 0 Å². The topological polar surface area (TPSA) is 80.2 Å². The Kier molecular flexibility index (Phi) is 6.41. The van der Waals surface area contributed by atoms with E-state index in [0.29, 0.717) is 27.1 Å². The molecule has 0 aliphatic heterocycles. The van der Waals surface area contributed by atoms with Gasteiger partial charge in [0.2, 0.25) is 0 Å². The quantitative estimate of drug-likeness (QED) is 0.565. The van der Waals surface area contributed by atoms with E-state index in [4.69, 9.17) is 9.47 Å². The van der Waals surface area contributed by atoms with E-state index < -0.39 is 0 Å². The second-order valence-corrected chi connectivity index (χ2v) is 6.30. The van der Waals surface area contributed by atoms with Crippen LogP contribution >= 0.6 is 15.9 Å². The molecular weight excluding hydrogens is 388 g/mol. The number of hydrogen-bond acceptors (Lipinski definition) is 5. The van der Waals surface area contributed by atoms with Crippen molar-refractivity contribution in [2.45, 2.75) is 20.0 Å². The molecule has 25 heavy (non-hydrogen) atoms. The minimum Gasteiger partial charge on any atom is -0.503 e. The van der Waals surface area contributed by atoms with Gasteiger partial charge >= 0.3 is 0 Å². The second kappa shape index (κ2) is 8.53. The van der Waals surface area contributed by atoms with Gasteiger partial charge in [-0.1, -0.05) is 0 Å². The van der Waals surface area contributed by atoms with E-state index in [1.54, 1.807) is 36.4 Å². The molecule has 0 spiro atoms. The van der Waals surface area contributed by atoms with E-state index in [-0.39, 0.29) is 17.8 Å². The summed E-state index contributed by atoms with van der Waals surface area (Å²) in [5.41, 5.74) is 3.58. The molecule has 0 heterocycles. The van der Waals surface area contributed by atoms with Crippen LogP contribution in [0.15, 0.2) is 46.0 Å². The summed E-state index contributed by atoms with van der Waals surface area (Å²) >= 11 is 3.23. The zero-order valence-corrected chi connectivity index (χ0v) is 15.7. The van der Waals surface area contributed by atoms with Gasteiger partial charge in [-0.05, 0) is 71.7 Å². The molecule has 0 fully saturated rings. The first-order chi connectivity index (χ1) is 11.9. The van der Waals surface area contributed by atoms with Gasteiger partial charge in [0.1, 0.15) is 5.75 Å². The van der Waals surface area contributed by atoms with Crippen LogP contribution in [0.25, 0.3) is 0 Å². The first-order valence-corrected chi connectivity index (χ1v) is 8.36. The first kappa shape index (κ1) is 18.8. The molecule has 0 saturated heterocycles. The van der Waals surface area contributed by atoms with Crippen molar-refractivity contribution in [3.63, 3.8) is 0 Å². The molecule has 0 saturated carbocycles. The van der Waals surface area contributed by atoms with Crippen LogP contribution in [0, 0.1) is 0 Å². The van der Waals surface area contributed by atoms with E-state index >= 15 is 0 Å². The van der Waals surface area contributed by atoms with Crippen LogP contribution in [0.2, 0.25) is 0 Å². The molecular formula is C18H19BrN2O4. The largest absolute Gasteiger partial charge is 0.503 e. The maximum atomic E-state index is 12.1. The summed E-state index contributed by atoms with van der Waals surface area (Å²) in [5.74, 6) is 0.684. The predicted octanol–water partition coefficient (Wildman–Crippen LogP) is 3.71. The number of halogens is 1. The standard InChI is InChI=1S/C18H19BrN2O4/c1-11(2)25-14-6-4-13(5-7-14)18(23)21-20-10-12-8-15(19)17(22)16(9-12)24-3/h4-11,22H,1-3H3,(H,21,23)/b20-10+. The van der Waals surface area contributed by atoms with E-state index in [9.17, 15) is 9.90 Å². The molecule has 0 radical (unpaired) electrons. The highest BCUT2D eigenvalue weighted by molar-refractivity contribution is 9.10. The number of methoxy groups -OCH3 is 1. The van der Waals surface area contributed by atoms with Crippen LogP contribution < -0.4 is 14.9 Å². The normalized spacial score (nSPS) is 10.9. The molecule has 2 rings (SSSR count). The summed E-state index contributed by atoms with van der Waals surface area (Å²) in [7, 11) is 1.46. The molecule has 0 aliphatic carbocycles. The molecule has 1 amide bonds. The third-order valence-electron chi connectivity index (χ3n) is 3.14. The fraction of sp³-hybridized carbons (Fsp3) is 0.222. The number of amides is 1. The number of rotatable bonds is 6. The lowest BCUT2D eigenvalue weighted by Gasteiger charge is -2.09. The molecule has 2 aromatic carbocycles. The number of benzene rings is 2. The summed E-state index contributed by atoms with van der Waals surface area (Å²) in [6, 6.07) is 10.1. The van der Waals surface area contributed by atoms with Gasteiger partial charge in [0.05, 0.1) is 23.9 Å². The van der Waals surface area contributed by atoms with Crippen molar-refractivity contribution in [2.75, 3.05) is 7.11 Å². The van der Waals surface area contributed by atoms with Crippen molar-refractivity contribution >= 4 is 28.1 Å². The average Bonchev–Trinajstić information content (AvgIpc) is 2.57. The number of nitrogens with zero attached hydrogens (tertiary/aromatic N) is 1. The number of aromatic hydroxyl groups is 1. The molecule has 0 aromatic heterocycles. The van der Waals surface area contributed by atoms with Crippen LogP contribution in [-0.2, 0) is 0 Å². The van der Waals surface area contributed by atoms with Gasteiger partial charge in [-0.3, -0.25) is 4.79 Å². The molecule has 2 aromatic rings. The number of ether oxygens (including phenoxy) is 2. The van der Waals surface area contributed by atoms with Gasteiger partial charge in [0, 0.05) is 5.56 Å². The number of carbonyl (C=O) groups is 1. The number of nitrogens with one attached hydrogen (secondary N) is 1. The van der Waals surface area contributed by atoms with E-state index in [1.165, 1.54) is 13.3 Å². The lowest BCUT2D eigenvalue weighted by atomic mass is 10.2. The maximum Gasteiger partial charge on any atom is 0.271 e. The molecule has 6 nitrogen and oxygen atoms in total. The molecule has 7 heteroatoms. The highest BCUT2D eigenvalue weighted by Crippen LogP contribution is 2.34. The van der Waals surface area contributed by atoms with Crippen LogP contribution in [0.3, 0.4) is 0 Å². The Morgan fingerprint density at radius 1 is 1.28 bits per heavy atom. The first-order valence-electron chi connectivity index (χ1n) is 7.57. The lowest BCUT2D eigenvalue weighted by Crippen LogP contribution is -2.17. The fourth-order valence-corrected chi connectivity index (χ4v) is 2.47. The van der Waals surface area contributed by atoms with Gasteiger partial charge in [0.15, 0.2) is 11.5 Å². The highest BCUT2D eigenvalue weighted by atomic mass is 79.9.